The summed E-state index contributed by atoms with van der Waals surface area (Å²) >= 11 is 18.0. The first-order valence-corrected chi connectivity index (χ1v) is 7.95. The summed E-state index contributed by atoms with van der Waals surface area (Å²) in [5.74, 6) is -0.233. The van der Waals surface area contributed by atoms with Crippen molar-refractivity contribution < 1.29 is 4.79 Å². The summed E-state index contributed by atoms with van der Waals surface area (Å²) in [6.45, 7) is 0. The van der Waals surface area contributed by atoms with E-state index in [-0.39, 0.29) is 5.91 Å². The second-order valence-corrected chi connectivity index (χ2v) is 6.39. The Morgan fingerprint density at radius 2 is 1.61 bits per heavy atom. The summed E-state index contributed by atoms with van der Waals surface area (Å²) in [6, 6.07) is 12.1. The van der Waals surface area contributed by atoms with Gasteiger partial charge in [0.15, 0.2) is 0 Å². The van der Waals surface area contributed by atoms with Crippen molar-refractivity contribution in [2.45, 2.75) is 6.04 Å². The fourth-order valence-corrected chi connectivity index (χ4v) is 3.08. The Bertz CT molecular complexity index is 669. The molecule has 0 aliphatic carbocycles. The molecule has 2 aromatic carbocycles. The Hall–Kier alpha value is -1.46. The van der Waals surface area contributed by atoms with Crippen LogP contribution >= 0.6 is 34.8 Å². The van der Waals surface area contributed by atoms with E-state index in [1.807, 2.05) is 49.3 Å². The molecule has 0 aliphatic heterocycles. The average molecular weight is 373 g/mol. The van der Waals surface area contributed by atoms with Gasteiger partial charge in [-0.05, 0) is 31.8 Å². The van der Waals surface area contributed by atoms with Gasteiger partial charge in [-0.25, -0.2) is 0 Å². The molecule has 0 saturated heterocycles. The van der Waals surface area contributed by atoms with E-state index in [1.165, 1.54) is 0 Å². The topological polar surface area (TPSA) is 44.4 Å². The van der Waals surface area contributed by atoms with Crippen molar-refractivity contribution in [3.05, 3.63) is 63.1 Å². The second-order valence-electron chi connectivity index (χ2n) is 5.14. The van der Waals surface area contributed by atoms with Crippen LogP contribution in [0.4, 0.5) is 5.69 Å². The lowest BCUT2D eigenvalue weighted by molar-refractivity contribution is -0.125. The van der Waals surface area contributed by atoms with Crippen LogP contribution in [0.25, 0.3) is 0 Å². The number of nitrogens with zero attached hydrogens (tertiary/aromatic N) is 1. The number of carbonyl (C=O) groups excluding carboxylic acids is 1. The van der Waals surface area contributed by atoms with Gasteiger partial charge in [0, 0.05) is 5.02 Å². The molecule has 0 aliphatic rings. The van der Waals surface area contributed by atoms with Gasteiger partial charge in [0.1, 0.15) is 6.04 Å². The van der Waals surface area contributed by atoms with E-state index in [9.17, 15) is 4.79 Å². The Kier molecular flexibility index (Phi) is 6.13. The molecule has 0 radical (unpaired) electrons. The minimum Gasteiger partial charge on any atom is -0.296 e. The third-order valence-corrected chi connectivity index (χ3v) is 4.01. The van der Waals surface area contributed by atoms with Crippen LogP contribution in [-0.2, 0) is 4.79 Å². The van der Waals surface area contributed by atoms with Gasteiger partial charge in [0.2, 0.25) is 0 Å². The van der Waals surface area contributed by atoms with Crippen molar-refractivity contribution in [1.82, 2.24) is 10.3 Å². The molecule has 0 fully saturated rings. The molecule has 122 valence electrons. The van der Waals surface area contributed by atoms with E-state index >= 15 is 0 Å². The van der Waals surface area contributed by atoms with Gasteiger partial charge in [-0.2, -0.15) is 0 Å². The van der Waals surface area contributed by atoms with Gasteiger partial charge in [0.25, 0.3) is 5.91 Å². The van der Waals surface area contributed by atoms with Crippen LogP contribution in [-0.4, -0.2) is 24.9 Å². The predicted molar refractivity (Wildman–Crippen MR) is 96.1 cm³/mol. The highest BCUT2D eigenvalue weighted by Gasteiger charge is 2.23. The number of hydrogen-bond donors (Lipinski definition) is 2. The standard InChI is InChI=1S/C16H16Cl3N3O/c1-22(2)15(10-6-4-3-5-7-10)16(23)21-20-14-12(18)8-11(17)9-13(14)19/h3-9,15,20H,1-2H3,(H,21,23)/t15-/m0/s1. The zero-order valence-corrected chi connectivity index (χ0v) is 14.9. The lowest BCUT2D eigenvalue weighted by Crippen LogP contribution is -2.40. The van der Waals surface area contributed by atoms with E-state index < -0.39 is 6.04 Å². The molecule has 1 amide bonds. The van der Waals surface area contributed by atoms with Crippen molar-refractivity contribution in [3.8, 4) is 0 Å². The highest BCUT2D eigenvalue weighted by atomic mass is 35.5. The number of amides is 1. The van der Waals surface area contributed by atoms with Gasteiger partial charge < -0.3 is 0 Å². The van der Waals surface area contributed by atoms with Crippen molar-refractivity contribution in [1.29, 1.82) is 0 Å². The Labute approximate surface area is 150 Å². The maximum absolute atomic E-state index is 12.5. The Balaban J connectivity index is 2.15. The summed E-state index contributed by atoms with van der Waals surface area (Å²) in [4.78, 5) is 14.3. The lowest BCUT2D eigenvalue weighted by atomic mass is 10.1. The van der Waals surface area contributed by atoms with Crippen LogP contribution in [0.15, 0.2) is 42.5 Å². The van der Waals surface area contributed by atoms with Crippen molar-refractivity contribution in [2.75, 3.05) is 19.5 Å². The molecule has 2 aromatic rings. The molecule has 2 N–H and O–H groups in total. The third-order valence-electron chi connectivity index (χ3n) is 3.20. The van der Waals surface area contributed by atoms with E-state index in [4.69, 9.17) is 34.8 Å². The maximum atomic E-state index is 12.5. The highest BCUT2D eigenvalue weighted by Crippen LogP contribution is 2.33. The first kappa shape index (κ1) is 17.9. The molecular weight excluding hydrogens is 357 g/mol. The predicted octanol–water partition coefficient (Wildman–Crippen LogP) is 4.39. The molecule has 0 saturated carbocycles. The monoisotopic (exact) mass is 371 g/mol. The number of carbonyl (C=O) groups is 1. The van der Waals surface area contributed by atoms with Crippen LogP contribution in [0.3, 0.4) is 0 Å². The van der Waals surface area contributed by atoms with Gasteiger partial charge in [-0.1, -0.05) is 65.1 Å². The van der Waals surface area contributed by atoms with Crippen LogP contribution in [0.2, 0.25) is 15.1 Å². The van der Waals surface area contributed by atoms with Gasteiger partial charge in [-0.15, -0.1) is 0 Å². The molecule has 0 unspecified atom stereocenters. The van der Waals surface area contributed by atoms with E-state index in [0.29, 0.717) is 20.8 Å². The molecule has 0 bridgehead atoms. The van der Waals surface area contributed by atoms with Crippen molar-refractivity contribution >= 4 is 46.4 Å². The number of benzene rings is 2. The maximum Gasteiger partial charge on any atom is 0.260 e. The summed E-state index contributed by atoms with van der Waals surface area (Å²) in [5, 5.41) is 1.07. The van der Waals surface area contributed by atoms with E-state index in [1.54, 1.807) is 12.1 Å². The molecule has 2 rings (SSSR count). The highest BCUT2D eigenvalue weighted by molar-refractivity contribution is 6.41. The first-order valence-electron chi connectivity index (χ1n) is 6.82. The van der Waals surface area contributed by atoms with Crippen LogP contribution in [0.5, 0.6) is 0 Å². The number of likely N-dealkylation sites (N-methyl/N-ethyl adjacent to an activating group) is 1. The molecule has 7 heteroatoms. The van der Waals surface area contributed by atoms with Gasteiger partial charge in [0.05, 0.1) is 15.7 Å². The summed E-state index contributed by atoms with van der Waals surface area (Å²) in [6.07, 6.45) is 0. The van der Waals surface area contributed by atoms with Crippen molar-refractivity contribution in [3.63, 3.8) is 0 Å². The average Bonchev–Trinajstić information content (AvgIpc) is 2.47. The third kappa shape index (κ3) is 4.52. The number of anilines is 1. The van der Waals surface area contributed by atoms with Crippen LogP contribution < -0.4 is 10.9 Å². The number of rotatable bonds is 5. The first-order chi connectivity index (χ1) is 10.9. The molecule has 4 nitrogen and oxygen atoms in total. The lowest BCUT2D eigenvalue weighted by Gasteiger charge is -2.24. The second kappa shape index (κ2) is 7.88. The number of halogens is 3. The Morgan fingerprint density at radius 3 is 2.13 bits per heavy atom. The normalized spacial score (nSPS) is 12.1. The smallest absolute Gasteiger partial charge is 0.260 e. The van der Waals surface area contributed by atoms with Crippen molar-refractivity contribution in [2.24, 2.45) is 0 Å². The number of hydrazine groups is 1. The molecule has 23 heavy (non-hydrogen) atoms. The molecule has 0 spiro atoms. The zero-order valence-electron chi connectivity index (χ0n) is 12.6. The fourth-order valence-electron chi connectivity index (χ4n) is 2.17. The zero-order chi connectivity index (χ0) is 17.0. The fraction of sp³-hybridized carbons (Fsp3) is 0.188. The molecule has 1 atom stereocenters. The van der Waals surface area contributed by atoms with Gasteiger partial charge in [-0.3, -0.25) is 20.5 Å². The van der Waals surface area contributed by atoms with E-state index in [0.717, 1.165) is 5.56 Å². The quantitative estimate of drug-likeness (QED) is 0.765. The van der Waals surface area contributed by atoms with Gasteiger partial charge >= 0.3 is 0 Å². The molecule has 0 aromatic heterocycles. The molecule has 0 heterocycles. The summed E-state index contributed by atoms with van der Waals surface area (Å²) in [7, 11) is 3.67. The SMILES string of the molecule is CN(C)[C@H](C(=O)NNc1c(Cl)cc(Cl)cc1Cl)c1ccccc1. The largest absolute Gasteiger partial charge is 0.296 e. The summed E-state index contributed by atoms with van der Waals surface area (Å²) in [5.41, 5.74) is 6.68. The van der Waals surface area contributed by atoms with E-state index in [2.05, 4.69) is 10.9 Å². The number of hydrogen-bond acceptors (Lipinski definition) is 3. The summed E-state index contributed by atoms with van der Waals surface area (Å²) < 4.78 is 0. The molecular formula is C16H16Cl3N3O. The van der Waals surface area contributed by atoms with Crippen LogP contribution in [0.1, 0.15) is 11.6 Å². The minimum atomic E-state index is -0.450. The van der Waals surface area contributed by atoms with Crippen LogP contribution in [0, 0.1) is 0 Å². The Morgan fingerprint density at radius 1 is 1.04 bits per heavy atom. The number of nitrogens with one attached hydrogen (secondary N) is 2. The minimum absolute atomic E-state index is 0.233.